The second kappa shape index (κ2) is 9.63. The minimum atomic E-state index is -0.814. The zero-order chi connectivity index (χ0) is 26.5. The van der Waals surface area contributed by atoms with Gasteiger partial charge in [0.25, 0.3) is 0 Å². The molecule has 0 radical (unpaired) electrons. The summed E-state index contributed by atoms with van der Waals surface area (Å²) in [6.07, 6.45) is 7.73. The molecule has 2 bridgehead atoms. The van der Waals surface area contributed by atoms with E-state index >= 15 is 0 Å². The molecule has 1 aromatic heterocycles. The number of aromatic nitrogens is 2. The Morgan fingerprint density at radius 1 is 1.27 bits per heavy atom. The van der Waals surface area contributed by atoms with E-state index in [9.17, 15) is 14.7 Å². The van der Waals surface area contributed by atoms with Crippen LogP contribution in [0.15, 0.2) is 36.5 Å². The minimum Gasteiger partial charge on any atom is -0.481 e. The van der Waals surface area contributed by atoms with Crippen molar-refractivity contribution in [2.24, 2.45) is 23.7 Å². The maximum atomic E-state index is 13.1. The van der Waals surface area contributed by atoms with Crippen LogP contribution in [0, 0.1) is 23.7 Å². The minimum absolute atomic E-state index is 0.0264. The molecule has 0 spiro atoms. The smallest absolute Gasteiger partial charge is 0.309 e. The van der Waals surface area contributed by atoms with Crippen molar-refractivity contribution in [3.8, 4) is 0 Å². The summed E-state index contributed by atoms with van der Waals surface area (Å²) in [4.78, 5) is 35.8. The fourth-order valence-electron chi connectivity index (χ4n) is 5.96. The molecule has 37 heavy (non-hydrogen) atoms. The molecule has 1 fully saturated rings. The zero-order valence-corrected chi connectivity index (χ0v) is 22.4. The Morgan fingerprint density at radius 2 is 2.03 bits per heavy atom. The van der Waals surface area contributed by atoms with Gasteiger partial charge in [0.2, 0.25) is 11.9 Å². The van der Waals surface area contributed by atoms with Crippen LogP contribution >= 0.6 is 11.6 Å². The first kappa shape index (κ1) is 25.5. The van der Waals surface area contributed by atoms with E-state index < -0.39 is 11.9 Å². The van der Waals surface area contributed by atoms with Crippen LogP contribution in [0.4, 0.5) is 23.1 Å². The lowest BCUT2D eigenvalue weighted by molar-refractivity contribution is -0.142. The van der Waals surface area contributed by atoms with E-state index in [1.54, 1.807) is 0 Å². The SMILES string of the molecule is CC(C)CN1C(=O)CCC(C)(C)c2ccc(Nc3ncc(Cl)c(N[C@H]4[C@@H](C(=O)O)[C@@H]5C=C[C@H]4C5)n3)cc21. The maximum absolute atomic E-state index is 13.1. The number of carboxylic acid groups (broad SMARTS) is 1. The third-order valence-electron chi connectivity index (χ3n) is 7.88. The molecule has 5 rings (SSSR count). The third-order valence-corrected chi connectivity index (χ3v) is 8.15. The number of carbonyl (C=O) groups is 2. The van der Waals surface area contributed by atoms with E-state index in [0.29, 0.717) is 35.7 Å². The van der Waals surface area contributed by atoms with Crippen LogP contribution in [-0.2, 0) is 15.0 Å². The molecule has 3 aliphatic rings. The number of carbonyl (C=O) groups excluding carboxylic acids is 1. The van der Waals surface area contributed by atoms with Gasteiger partial charge in [-0.3, -0.25) is 9.59 Å². The molecule has 2 aliphatic carbocycles. The van der Waals surface area contributed by atoms with E-state index in [0.717, 1.165) is 29.8 Å². The highest BCUT2D eigenvalue weighted by Crippen LogP contribution is 2.45. The van der Waals surface area contributed by atoms with Crippen molar-refractivity contribution in [3.05, 3.63) is 47.1 Å². The molecule has 8 nitrogen and oxygen atoms in total. The maximum Gasteiger partial charge on any atom is 0.309 e. The number of nitrogens with one attached hydrogen (secondary N) is 2. The number of fused-ring (bicyclic) bond motifs is 3. The molecule has 4 atom stereocenters. The average Bonchev–Trinajstić information content (AvgIpc) is 3.42. The molecule has 2 aromatic rings. The number of amides is 1. The normalized spacial score (nSPS) is 25.8. The van der Waals surface area contributed by atoms with Crippen LogP contribution in [0.5, 0.6) is 0 Å². The summed E-state index contributed by atoms with van der Waals surface area (Å²) in [6, 6.07) is 5.78. The third kappa shape index (κ3) is 4.91. The van der Waals surface area contributed by atoms with Gasteiger partial charge in [-0.05, 0) is 53.7 Å². The number of hydrogen-bond donors (Lipinski definition) is 3. The van der Waals surface area contributed by atoms with Crippen molar-refractivity contribution >= 4 is 46.6 Å². The van der Waals surface area contributed by atoms with Gasteiger partial charge in [0, 0.05) is 30.4 Å². The summed E-state index contributed by atoms with van der Waals surface area (Å²) in [5.74, 6) is 0.0412. The van der Waals surface area contributed by atoms with Gasteiger partial charge in [0.15, 0.2) is 5.82 Å². The van der Waals surface area contributed by atoms with E-state index in [1.807, 2.05) is 23.1 Å². The quantitative estimate of drug-likeness (QED) is 0.404. The predicted molar refractivity (Wildman–Crippen MR) is 145 cm³/mol. The highest BCUT2D eigenvalue weighted by molar-refractivity contribution is 6.32. The van der Waals surface area contributed by atoms with Gasteiger partial charge in [0.1, 0.15) is 5.02 Å². The first-order valence-electron chi connectivity index (χ1n) is 13.0. The van der Waals surface area contributed by atoms with Crippen molar-refractivity contribution in [2.75, 3.05) is 22.1 Å². The standard InChI is InChI=1S/C28H34ClN5O3/c1-15(2)14-34-21-12-18(7-8-19(21)28(3,4)10-9-22(34)35)31-27-30-13-20(29)25(33-27)32-24-17-6-5-16(11-17)23(24)26(36)37/h5-8,12-13,15-17,23-24H,9-11,14H2,1-4H3,(H,36,37)(H2,30,31,32,33)/t16-,17+,23+,24-/m1/s1. The molecule has 1 amide bonds. The van der Waals surface area contributed by atoms with Gasteiger partial charge in [-0.1, -0.05) is 57.5 Å². The number of rotatable bonds is 7. The lowest BCUT2D eigenvalue weighted by Crippen LogP contribution is -2.38. The Bertz CT molecular complexity index is 1260. The number of nitrogens with zero attached hydrogens (tertiary/aromatic N) is 3. The van der Waals surface area contributed by atoms with Crippen molar-refractivity contribution in [2.45, 2.75) is 58.4 Å². The second-order valence-electron chi connectivity index (χ2n) is 11.5. The topological polar surface area (TPSA) is 107 Å². The van der Waals surface area contributed by atoms with Crippen LogP contribution in [-0.4, -0.2) is 39.5 Å². The number of carboxylic acids is 1. The molecule has 1 saturated carbocycles. The van der Waals surface area contributed by atoms with Crippen molar-refractivity contribution < 1.29 is 14.7 Å². The average molecular weight is 524 g/mol. The first-order valence-corrected chi connectivity index (χ1v) is 13.3. The largest absolute Gasteiger partial charge is 0.481 e. The van der Waals surface area contributed by atoms with Crippen LogP contribution in [0.25, 0.3) is 0 Å². The Balaban J connectivity index is 1.43. The molecule has 1 aliphatic heterocycles. The van der Waals surface area contributed by atoms with Crippen LogP contribution in [0.3, 0.4) is 0 Å². The van der Waals surface area contributed by atoms with E-state index in [-0.39, 0.29) is 29.2 Å². The van der Waals surface area contributed by atoms with E-state index in [1.165, 1.54) is 6.20 Å². The Morgan fingerprint density at radius 3 is 2.76 bits per heavy atom. The Kier molecular flexibility index (Phi) is 6.64. The molecular weight excluding hydrogens is 490 g/mol. The molecule has 9 heteroatoms. The molecular formula is C28H34ClN5O3. The molecule has 0 unspecified atom stereocenters. The zero-order valence-electron chi connectivity index (χ0n) is 21.7. The fourth-order valence-corrected chi connectivity index (χ4v) is 6.11. The van der Waals surface area contributed by atoms with Gasteiger partial charge in [0.05, 0.1) is 12.1 Å². The molecule has 0 saturated heterocycles. The monoisotopic (exact) mass is 523 g/mol. The summed E-state index contributed by atoms with van der Waals surface area (Å²) in [5, 5.41) is 16.7. The highest BCUT2D eigenvalue weighted by Gasteiger charge is 2.48. The lowest BCUT2D eigenvalue weighted by Gasteiger charge is -2.29. The number of anilines is 4. The van der Waals surface area contributed by atoms with Crippen molar-refractivity contribution in [3.63, 3.8) is 0 Å². The summed E-state index contributed by atoms with van der Waals surface area (Å²) in [5.41, 5.74) is 2.70. The van der Waals surface area contributed by atoms with Gasteiger partial charge in [-0.15, -0.1) is 0 Å². The number of allylic oxidation sites excluding steroid dienone is 1. The molecule has 2 heterocycles. The number of hydrogen-bond acceptors (Lipinski definition) is 6. The fraction of sp³-hybridized carbons (Fsp3) is 0.500. The lowest BCUT2D eigenvalue weighted by atomic mass is 9.80. The second-order valence-corrected chi connectivity index (χ2v) is 11.9. The summed E-state index contributed by atoms with van der Waals surface area (Å²) in [6.45, 7) is 9.24. The summed E-state index contributed by atoms with van der Waals surface area (Å²) >= 11 is 6.41. The molecule has 1 aromatic carbocycles. The number of benzene rings is 1. The predicted octanol–water partition coefficient (Wildman–Crippen LogP) is 5.62. The van der Waals surface area contributed by atoms with Crippen molar-refractivity contribution in [1.29, 1.82) is 0 Å². The summed E-state index contributed by atoms with van der Waals surface area (Å²) < 4.78 is 0. The van der Waals surface area contributed by atoms with E-state index in [4.69, 9.17) is 11.6 Å². The highest BCUT2D eigenvalue weighted by atomic mass is 35.5. The van der Waals surface area contributed by atoms with Gasteiger partial charge in [-0.2, -0.15) is 4.98 Å². The summed E-state index contributed by atoms with van der Waals surface area (Å²) in [7, 11) is 0. The van der Waals surface area contributed by atoms with Gasteiger partial charge < -0.3 is 20.6 Å². The molecule has 3 N–H and O–H groups in total. The number of aliphatic carboxylic acids is 1. The Labute approximate surface area is 222 Å². The van der Waals surface area contributed by atoms with Crippen LogP contribution < -0.4 is 15.5 Å². The van der Waals surface area contributed by atoms with Gasteiger partial charge in [-0.25, -0.2) is 4.98 Å². The first-order chi connectivity index (χ1) is 17.5. The van der Waals surface area contributed by atoms with Crippen LogP contribution in [0.1, 0.15) is 52.5 Å². The van der Waals surface area contributed by atoms with Gasteiger partial charge >= 0.3 is 5.97 Å². The Hall–Kier alpha value is -3.13. The number of halogens is 1. The van der Waals surface area contributed by atoms with E-state index in [2.05, 4.69) is 60.4 Å². The van der Waals surface area contributed by atoms with Crippen LogP contribution in [0.2, 0.25) is 5.02 Å². The molecule has 196 valence electrons. The van der Waals surface area contributed by atoms with Crippen molar-refractivity contribution in [1.82, 2.24) is 9.97 Å².